The molecule has 0 aromatic carbocycles. The van der Waals surface area contributed by atoms with E-state index in [2.05, 4.69) is 30.5 Å². The van der Waals surface area contributed by atoms with Crippen molar-refractivity contribution < 1.29 is 52.9 Å². The first-order valence-electron chi connectivity index (χ1n) is 23.9. The normalized spacial score (nSPS) is 14.3. The lowest BCUT2D eigenvalue weighted by molar-refractivity contribution is -0.161. The maximum atomic E-state index is 12.8. The molecule has 12 nitrogen and oxygen atoms in total. The zero-order valence-corrected chi connectivity index (χ0v) is 40.1. The van der Waals surface area contributed by atoms with Gasteiger partial charge in [0.25, 0.3) is 0 Å². The molecule has 0 heterocycles. The highest BCUT2D eigenvalue weighted by atomic mass is 32.2. The van der Waals surface area contributed by atoms with Crippen molar-refractivity contribution in [2.24, 2.45) is 5.73 Å². The number of allylic oxidation sites excluding steroid dienone is 7. The predicted molar refractivity (Wildman–Crippen MR) is 254 cm³/mol. The molecule has 0 radical (unpaired) electrons. The maximum absolute atomic E-state index is 12.8. The number of ether oxygens (including phenoxy) is 2. The zero-order chi connectivity index (χ0) is 45.9. The summed E-state index contributed by atoms with van der Waals surface area (Å²) in [6.45, 7) is 3.24. The van der Waals surface area contributed by atoms with Crippen molar-refractivity contribution in [1.29, 1.82) is 0 Å². The van der Waals surface area contributed by atoms with Crippen LogP contribution in [-0.2, 0) is 32.9 Å². The van der Waals surface area contributed by atoms with Gasteiger partial charge in [-0.2, -0.15) is 0 Å². The number of rotatable bonds is 44. The highest BCUT2D eigenvalue weighted by Crippen LogP contribution is 2.36. The second-order valence-corrected chi connectivity index (χ2v) is 18.8. The number of aliphatic hydroxyl groups excluding tert-OH is 1. The quantitative estimate of drug-likeness (QED) is 0.0127. The number of carbonyl (C=O) groups is 3. The van der Waals surface area contributed by atoms with Gasteiger partial charge in [0.1, 0.15) is 12.6 Å². The second kappa shape index (κ2) is 42.7. The van der Waals surface area contributed by atoms with Gasteiger partial charge >= 0.3 is 25.7 Å². The molecule has 0 unspecified atom stereocenters. The fourth-order valence-electron chi connectivity index (χ4n) is 6.64. The topological polar surface area (TPSA) is 203 Å². The van der Waals surface area contributed by atoms with Crippen LogP contribution < -0.4 is 5.73 Å². The molecule has 0 saturated carbocycles. The number of nitrogens with two attached hydrogens (primary N) is 1. The SMILES string of the molecule is CCCCC/C=C\C\C=C/C=C/C=C/[C@@H](SC[C@H](N)C(=O)OC[C@H](COP(=O)(O)O)OC(=O)CCCCCCCCCCCCCCCCCCCCC)[C@@H](O)CCCC(=O)O. The van der Waals surface area contributed by atoms with Crippen LogP contribution in [0.4, 0.5) is 0 Å². The molecule has 0 aromatic heterocycles. The molecule has 0 aliphatic heterocycles. The van der Waals surface area contributed by atoms with Gasteiger partial charge in [-0.25, -0.2) is 4.57 Å². The van der Waals surface area contributed by atoms with E-state index in [9.17, 15) is 33.8 Å². The number of aliphatic carboxylic acids is 1. The predicted octanol–water partition coefficient (Wildman–Crippen LogP) is 11.6. The number of carboxylic acid groups (broad SMARTS) is 1. The van der Waals surface area contributed by atoms with Crippen LogP contribution in [0, 0.1) is 0 Å². The Kier molecular flexibility index (Phi) is 41.1. The first-order valence-corrected chi connectivity index (χ1v) is 26.5. The van der Waals surface area contributed by atoms with Crippen molar-refractivity contribution >= 4 is 37.5 Å². The van der Waals surface area contributed by atoms with E-state index in [1.54, 1.807) is 12.2 Å². The minimum atomic E-state index is -4.89. The summed E-state index contributed by atoms with van der Waals surface area (Å²) in [6.07, 6.45) is 43.0. The molecule has 0 spiro atoms. The number of aliphatic hydroxyl groups is 1. The Morgan fingerprint density at radius 2 is 1.19 bits per heavy atom. The molecule has 0 aromatic rings. The van der Waals surface area contributed by atoms with E-state index in [1.165, 1.54) is 127 Å². The molecule has 0 saturated heterocycles. The van der Waals surface area contributed by atoms with Gasteiger partial charge in [-0.15, -0.1) is 11.8 Å². The lowest BCUT2D eigenvalue weighted by atomic mass is 10.0. The number of hydrogen-bond acceptors (Lipinski definition) is 10. The summed E-state index contributed by atoms with van der Waals surface area (Å²) in [4.78, 5) is 54.9. The van der Waals surface area contributed by atoms with E-state index in [4.69, 9.17) is 20.3 Å². The van der Waals surface area contributed by atoms with E-state index >= 15 is 0 Å². The summed E-state index contributed by atoms with van der Waals surface area (Å²) in [5.41, 5.74) is 6.12. The fraction of sp³-hybridized carbons (Fsp3) is 0.771. The highest BCUT2D eigenvalue weighted by Gasteiger charge is 2.26. The summed E-state index contributed by atoms with van der Waals surface area (Å²) in [7, 11) is -4.89. The number of carbonyl (C=O) groups excluding carboxylic acids is 2. The van der Waals surface area contributed by atoms with Crippen LogP contribution in [0.15, 0.2) is 48.6 Å². The Morgan fingerprint density at radius 1 is 0.661 bits per heavy atom. The van der Waals surface area contributed by atoms with Crippen LogP contribution in [-0.4, -0.2) is 80.4 Å². The average Bonchev–Trinajstić information content (AvgIpc) is 3.23. The van der Waals surface area contributed by atoms with Gasteiger partial charge in [0, 0.05) is 23.8 Å². The molecule has 0 bridgehead atoms. The third-order valence-corrected chi connectivity index (χ3v) is 12.2. The Hall–Kier alpha value is -2.25. The third kappa shape index (κ3) is 41.7. The molecular weight excluding hydrogens is 830 g/mol. The zero-order valence-electron chi connectivity index (χ0n) is 38.4. The average molecular weight is 916 g/mol. The minimum Gasteiger partial charge on any atom is -0.481 e. The second-order valence-electron chi connectivity index (χ2n) is 16.3. The first kappa shape index (κ1) is 59.8. The monoisotopic (exact) mass is 916 g/mol. The molecule has 4 atom stereocenters. The van der Waals surface area contributed by atoms with Crippen LogP contribution in [0.5, 0.6) is 0 Å². The Labute approximate surface area is 379 Å². The van der Waals surface area contributed by atoms with Gasteiger partial charge in [0.15, 0.2) is 6.10 Å². The minimum absolute atomic E-state index is 0.0425. The van der Waals surface area contributed by atoms with E-state index in [1.807, 2.05) is 24.3 Å². The lowest BCUT2D eigenvalue weighted by Crippen LogP contribution is -2.38. The van der Waals surface area contributed by atoms with Gasteiger partial charge in [-0.1, -0.05) is 191 Å². The number of carboxylic acids is 1. The van der Waals surface area contributed by atoms with E-state index in [0.29, 0.717) is 6.42 Å². The van der Waals surface area contributed by atoms with Crippen LogP contribution in [0.1, 0.15) is 194 Å². The molecule has 0 amide bonds. The number of hydrogen-bond donors (Lipinski definition) is 5. The number of thioether (sulfide) groups is 1. The molecule has 6 N–H and O–H groups in total. The molecule has 62 heavy (non-hydrogen) atoms. The summed E-state index contributed by atoms with van der Waals surface area (Å²) in [6, 6.07) is -1.14. The Balaban J connectivity index is 4.67. The van der Waals surface area contributed by atoms with Gasteiger partial charge in [-0.05, 0) is 38.5 Å². The van der Waals surface area contributed by atoms with Crippen molar-refractivity contribution in [3.05, 3.63) is 48.6 Å². The first-order chi connectivity index (χ1) is 29.9. The summed E-state index contributed by atoms with van der Waals surface area (Å²) < 4.78 is 26.6. The van der Waals surface area contributed by atoms with Crippen LogP contribution in [0.2, 0.25) is 0 Å². The Bertz CT molecular complexity index is 1270. The number of phosphoric ester groups is 1. The van der Waals surface area contributed by atoms with Crippen molar-refractivity contribution in [2.75, 3.05) is 19.0 Å². The standard InChI is InChI=1S/C48H86NO11PS/c1-3-5-7-9-11-13-15-17-18-19-20-21-22-23-25-27-29-31-33-38-47(53)60-42(40-59-61(55,56)57)39-58-48(54)43(49)41-62-45(44(50)35-34-37-46(51)52)36-32-30-28-26-24-16-14-12-10-8-6-4-2/h12,14,24,26,28,30,32,36,42-45,50H,3-11,13,15-23,25,27,29,31,33-35,37-41,49H2,1-2H3,(H,51,52)(H2,55,56,57)/b14-12-,26-24-,30-28+,36-32+/t42-,43+,44+,45-/m1/s1. The van der Waals surface area contributed by atoms with E-state index in [0.717, 1.165) is 32.1 Å². The third-order valence-electron chi connectivity index (χ3n) is 10.3. The van der Waals surface area contributed by atoms with Gasteiger partial charge < -0.3 is 35.2 Å². The largest absolute Gasteiger partial charge is 0.481 e. The molecule has 0 aliphatic carbocycles. The number of esters is 2. The van der Waals surface area contributed by atoms with Crippen molar-refractivity contribution in [3.63, 3.8) is 0 Å². The molecule has 14 heteroatoms. The van der Waals surface area contributed by atoms with Gasteiger partial charge in [-0.3, -0.25) is 18.9 Å². The molecule has 0 fully saturated rings. The van der Waals surface area contributed by atoms with Crippen LogP contribution in [0.3, 0.4) is 0 Å². The summed E-state index contributed by atoms with van der Waals surface area (Å²) in [5, 5.41) is 19.4. The molecule has 0 rings (SSSR count). The fourth-order valence-corrected chi connectivity index (χ4v) is 8.13. The number of unbranched alkanes of at least 4 members (excludes halogenated alkanes) is 21. The smallest absolute Gasteiger partial charge is 0.469 e. The summed E-state index contributed by atoms with van der Waals surface area (Å²) in [5.74, 6) is -2.33. The van der Waals surface area contributed by atoms with Gasteiger partial charge in [0.2, 0.25) is 0 Å². The van der Waals surface area contributed by atoms with Crippen LogP contribution >= 0.6 is 19.6 Å². The van der Waals surface area contributed by atoms with E-state index < -0.39 is 62.4 Å². The highest BCUT2D eigenvalue weighted by molar-refractivity contribution is 8.00. The number of phosphoric acid groups is 1. The lowest BCUT2D eigenvalue weighted by Gasteiger charge is -2.22. The molecular formula is C48H86NO11PS. The van der Waals surface area contributed by atoms with Crippen LogP contribution in [0.25, 0.3) is 0 Å². The molecule has 360 valence electrons. The maximum Gasteiger partial charge on any atom is 0.469 e. The van der Waals surface area contributed by atoms with Gasteiger partial charge in [0.05, 0.1) is 12.7 Å². The van der Waals surface area contributed by atoms with Crippen molar-refractivity contribution in [3.8, 4) is 0 Å². The molecule has 0 aliphatic rings. The summed E-state index contributed by atoms with van der Waals surface area (Å²) >= 11 is 1.21. The van der Waals surface area contributed by atoms with Crippen molar-refractivity contribution in [2.45, 2.75) is 217 Å². The Morgan fingerprint density at radius 3 is 1.74 bits per heavy atom. The van der Waals surface area contributed by atoms with Crippen molar-refractivity contribution in [1.82, 2.24) is 0 Å². The van der Waals surface area contributed by atoms with E-state index in [-0.39, 0.29) is 31.4 Å².